The van der Waals surface area contributed by atoms with E-state index >= 15 is 0 Å². The van der Waals surface area contributed by atoms with Gasteiger partial charge in [0.15, 0.2) is 0 Å². The van der Waals surface area contributed by atoms with Crippen LogP contribution in [0.5, 0.6) is 0 Å². The van der Waals surface area contributed by atoms with Gasteiger partial charge >= 0.3 is 0 Å². The van der Waals surface area contributed by atoms with Gasteiger partial charge in [0.1, 0.15) is 0 Å². The fourth-order valence-corrected chi connectivity index (χ4v) is 1.66. The molecule has 0 radical (unpaired) electrons. The molecular weight excluding hydrogens is 196 g/mol. The van der Waals surface area contributed by atoms with E-state index in [1.54, 1.807) is 0 Å². The highest BCUT2D eigenvalue weighted by atomic mass is 15.3. The van der Waals surface area contributed by atoms with Crippen LogP contribution in [0.4, 0.5) is 0 Å². The Kier molecular flexibility index (Phi) is 2.58. The largest absolute Gasteiger partial charge is 0.267 e. The number of nitrogens with zero attached hydrogens (tertiary/aromatic N) is 2. The maximum absolute atomic E-state index is 4.61. The molecule has 0 spiro atoms. The van der Waals surface area contributed by atoms with E-state index in [4.69, 9.17) is 0 Å². The summed E-state index contributed by atoms with van der Waals surface area (Å²) in [5.41, 5.74) is 3.53. The zero-order chi connectivity index (χ0) is 11.8. The molecule has 0 saturated carbocycles. The third-order valence-corrected chi connectivity index (χ3v) is 2.59. The lowest BCUT2D eigenvalue weighted by molar-refractivity contribution is 0.356. The number of rotatable bonds is 1. The van der Waals surface area contributed by atoms with Gasteiger partial charge in [-0.2, -0.15) is 5.10 Å². The zero-order valence-electron chi connectivity index (χ0n) is 10.4. The summed E-state index contributed by atoms with van der Waals surface area (Å²) in [6.07, 6.45) is 2.04. The van der Waals surface area contributed by atoms with E-state index in [9.17, 15) is 0 Å². The highest BCUT2D eigenvalue weighted by Gasteiger charge is 2.14. The predicted molar refractivity (Wildman–Crippen MR) is 67.4 cm³/mol. The first kappa shape index (κ1) is 10.9. The summed E-state index contributed by atoms with van der Waals surface area (Å²) < 4.78 is 2.00. The smallest absolute Gasteiger partial charge is 0.0923 e. The number of aryl methyl sites for hydroxylation is 1. The lowest BCUT2D eigenvalue weighted by Crippen LogP contribution is -2.22. The predicted octanol–water partition coefficient (Wildman–Crippen LogP) is 3.61. The van der Waals surface area contributed by atoms with Gasteiger partial charge in [0.25, 0.3) is 0 Å². The topological polar surface area (TPSA) is 17.8 Å². The minimum Gasteiger partial charge on any atom is -0.267 e. The molecule has 0 fully saturated rings. The Morgan fingerprint density at radius 2 is 1.88 bits per heavy atom. The molecule has 0 N–H and O–H groups in total. The summed E-state index contributed by atoms with van der Waals surface area (Å²) in [4.78, 5) is 0. The first-order valence-electron chi connectivity index (χ1n) is 5.60. The van der Waals surface area contributed by atoms with Crippen LogP contribution in [0.2, 0.25) is 0 Å². The Hall–Kier alpha value is -1.57. The van der Waals surface area contributed by atoms with Crippen LogP contribution in [0.1, 0.15) is 26.3 Å². The van der Waals surface area contributed by atoms with Gasteiger partial charge in [-0.1, -0.05) is 23.8 Å². The van der Waals surface area contributed by atoms with Gasteiger partial charge < -0.3 is 0 Å². The third kappa shape index (κ3) is 2.16. The van der Waals surface area contributed by atoms with E-state index < -0.39 is 0 Å². The molecule has 1 aromatic heterocycles. The second kappa shape index (κ2) is 3.78. The number of aromatic nitrogens is 2. The van der Waals surface area contributed by atoms with Crippen molar-refractivity contribution >= 4 is 0 Å². The second-order valence-corrected chi connectivity index (χ2v) is 5.19. The van der Waals surface area contributed by atoms with Gasteiger partial charge in [-0.25, -0.2) is 0 Å². The molecule has 1 aromatic carbocycles. The van der Waals surface area contributed by atoms with E-state index in [0.29, 0.717) is 0 Å². The summed E-state index contributed by atoms with van der Waals surface area (Å²) in [6, 6.07) is 10.5. The van der Waals surface area contributed by atoms with E-state index in [0.717, 1.165) is 5.69 Å². The molecule has 0 amide bonds. The maximum atomic E-state index is 4.61. The molecule has 2 aromatic rings. The van der Waals surface area contributed by atoms with E-state index in [2.05, 4.69) is 63.1 Å². The summed E-state index contributed by atoms with van der Waals surface area (Å²) in [7, 11) is 0. The minimum absolute atomic E-state index is 0.0437. The lowest BCUT2D eigenvalue weighted by atomic mass is 10.1. The van der Waals surface area contributed by atoms with E-state index in [-0.39, 0.29) is 5.54 Å². The van der Waals surface area contributed by atoms with Crippen LogP contribution in [0.25, 0.3) is 11.3 Å². The molecule has 16 heavy (non-hydrogen) atoms. The molecule has 0 bridgehead atoms. The van der Waals surface area contributed by atoms with Gasteiger partial charge in [0.2, 0.25) is 0 Å². The molecule has 1 heterocycles. The van der Waals surface area contributed by atoms with Crippen LogP contribution >= 0.6 is 0 Å². The Morgan fingerprint density at radius 1 is 1.12 bits per heavy atom. The van der Waals surface area contributed by atoms with Crippen LogP contribution in [-0.4, -0.2) is 9.78 Å². The Labute approximate surface area is 96.9 Å². The van der Waals surface area contributed by atoms with Crippen molar-refractivity contribution in [2.24, 2.45) is 0 Å². The second-order valence-electron chi connectivity index (χ2n) is 5.19. The fraction of sp³-hybridized carbons (Fsp3) is 0.357. The van der Waals surface area contributed by atoms with Crippen LogP contribution in [0.3, 0.4) is 0 Å². The molecule has 0 aliphatic carbocycles. The van der Waals surface area contributed by atoms with E-state index in [1.807, 2.05) is 10.9 Å². The van der Waals surface area contributed by atoms with Gasteiger partial charge in [-0.05, 0) is 39.8 Å². The lowest BCUT2D eigenvalue weighted by Gasteiger charge is -2.18. The van der Waals surface area contributed by atoms with Crippen LogP contribution in [0, 0.1) is 6.92 Å². The summed E-state index contributed by atoms with van der Waals surface area (Å²) in [5, 5.41) is 4.61. The Morgan fingerprint density at radius 3 is 2.44 bits per heavy atom. The molecule has 2 rings (SSSR count). The first-order valence-corrected chi connectivity index (χ1v) is 5.60. The average Bonchev–Trinajstić information content (AvgIpc) is 2.65. The van der Waals surface area contributed by atoms with Gasteiger partial charge in [0.05, 0.1) is 11.2 Å². The molecule has 0 atom stereocenters. The zero-order valence-corrected chi connectivity index (χ0v) is 10.4. The third-order valence-electron chi connectivity index (χ3n) is 2.59. The Bertz CT molecular complexity index is 489. The van der Waals surface area contributed by atoms with Crippen molar-refractivity contribution < 1.29 is 0 Å². The minimum atomic E-state index is 0.0437. The van der Waals surface area contributed by atoms with E-state index in [1.165, 1.54) is 11.1 Å². The number of hydrogen-bond acceptors (Lipinski definition) is 1. The number of hydrogen-bond donors (Lipinski definition) is 0. The first-order chi connectivity index (χ1) is 7.47. The van der Waals surface area contributed by atoms with Gasteiger partial charge in [0, 0.05) is 11.8 Å². The molecule has 2 heteroatoms. The average molecular weight is 214 g/mol. The van der Waals surface area contributed by atoms with Gasteiger partial charge in [-0.3, -0.25) is 4.68 Å². The molecule has 0 saturated heterocycles. The van der Waals surface area contributed by atoms with Crippen LogP contribution < -0.4 is 0 Å². The normalized spacial score (nSPS) is 11.8. The van der Waals surface area contributed by atoms with Crippen molar-refractivity contribution in [3.8, 4) is 11.3 Å². The van der Waals surface area contributed by atoms with Crippen molar-refractivity contribution in [1.82, 2.24) is 9.78 Å². The highest BCUT2D eigenvalue weighted by molar-refractivity contribution is 5.59. The molecular formula is C14H18N2. The number of benzene rings is 1. The summed E-state index contributed by atoms with van der Waals surface area (Å²) in [6.45, 7) is 8.56. The monoisotopic (exact) mass is 214 g/mol. The summed E-state index contributed by atoms with van der Waals surface area (Å²) in [5.74, 6) is 0. The quantitative estimate of drug-likeness (QED) is 0.709. The van der Waals surface area contributed by atoms with Crippen molar-refractivity contribution in [2.75, 3.05) is 0 Å². The standard InChI is InChI=1S/C14H18N2/c1-11-6-5-7-12(10-11)13-8-9-16(15-13)14(2,3)4/h5-10H,1-4H3. The molecule has 84 valence electrons. The van der Waals surface area contributed by atoms with Crippen molar-refractivity contribution in [3.05, 3.63) is 42.1 Å². The Balaban J connectivity index is 2.39. The van der Waals surface area contributed by atoms with Crippen molar-refractivity contribution in [2.45, 2.75) is 33.2 Å². The van der Waals surface area contributed by atoms with Crippen LogP contribution in [-0.2, 0) is 5.54 Å². The molecule has 2 nitrogen and oxygen atoms in total. The highest BCUT2D eigenvalue weighted by Crippen LogP contribution is 2.21. The van der Waals surface area contributed by atoms with Crippen molar-refractivity contribution in [1.29, 1.82) is 0 Å². The van der Waals surface area contributed by atoms with Gasteiger partial charge in [-0.15, -0.1) is 0 Å². The van der Waals surface area contributed by atoms with Crippen LogP contribution in [0.15, 0.2) is 36.5 Å². The maximum Gasteiger partial charge on any atom is 0.0923 e. The molecule has 0 unspecified atom stereocenters. The summed E-state index contributed by atoms with van der Waals surface area (Å²) >= 11 is 0. The van der Waals surface area contributed by atoms with Crippen molar-refractivity contribution in [3.63, 3.8) is 0 Å². The SMILES string of the molecule is Cc1cccc(-c2ccn(C(C)(C)C)n2)c1. The molecule has 0 aliphatic heterocycles. The fourth-order valence-electron chi connectivity index (χ4n) is 1.66. The molecule has 0 aliphatic rings.